The van der Waals surface area contributed by atoms with E-state index in [4.69, 9.17) is 16.1 Å². The first-order valence-corrected chi connectivity index (χ1v) is 11.9. The Hall–Kier alpha value is -2.22. The van der Waals surface area contributed by atoms with Gasteiger partial charge in [0, 0.05) is 24.6 Å². The van der Waals surface area contributed by atoms with Gasteiger partial charge in [-0.05, 0) is 48.6 Å². The fraction of sp³-hybridized carbons (Fsp3) is 0.364. The zero-order valence-corrected chi connectivity index (χ0v) is 18.5. The molecule has 1 aliphatic rings. The number of rotatable bonds is 5. The topological polar surface area (TPSA) is 76.3 Å². The highest BCUT2D eigenvalue weighted by Crippen LogP contribution is 2.32. The predicted octanol–water partition coefficient (Wildman–Crippen LogP) is 5.08. The van der Waals surface area contributed by atoms with Gasteiger partial charge in [-0.3, -0.25) is 0 Å². The third-order valence-electron chi connectivity index (χ3n) is 5.54. The first kappa shape index (κ1) is 21.0. The summed E-state index contributed by atoms with van der Waals surface area (Å²) in [5, 5.41) is 4.62. The molecule has 8 heteroatoms. The second kappa shape index (κ2) is 8.49. The molecule has 1 saturated heterocycles. The predicted molar refractivity (Wildman–Crippen MR) is 116 cm³/mol. The van der Waals surface area contributed by atoms with Crippen molar-refractivity contribution >= 4 is 21.6 Å². The Labute approximate surface area is 181 Å². The molecule has 0 radical (unpaired) electrons. The largest absolute Gasteiger partial charge is 0.339 e. The molecule has 0 N–H and O–H groups in total. The zero-order valence-electron chi connectivity index (χ0n) is 17.0. The maximum atomic E-state index is 13.0. The molecule has 4 rings (SSSR count). The van der Waals surface area contributed by atoms with Gasteiger partial charge in [-0.25, -0.2) is 8.42 Å². The van der Waals surface area contributed by atoms with Gasteiger partial charge in [0.15, 0.2) is 0 Å². The van der Waals surface area contributed by atoms with Crippen molar-refractivity contribution in [2.45, 2.75) is 43.4 Å². The highest BCUT2D eigenvalue weighted by Gasteiger charge is 2.32. The third kappa shape index (κ3) is 4.15. The number of halogens is 1. The summed E-state index contributed by atoms with van der Waals surface area (Å²) >= 11 is 6.21. The molecule has 1 aromatic heterocycles. The molecule has 30 heavy (non-hydrogen) atoms. The average Bonchev–Trinajstić information content (AvgIpc) is 3.24. The minimum Gasteiger partial charge on any atom is -0.339 e. The van der Waals surface area contributed by atoms with Gasteiger partial charge in [-0.1, -0.05) is 54.9 Å². The van der Waals surface area contributed by atoms with Crippen molar-refractivity contribution in [3.05, 3.63) is 65.0 Å². The van der Waals surface area contributed by atoms with E-state index in [-0.39, 0.29) is 5.92 Å². The molecule has 0 saturated carbocycles. The molecule has 2 heterocycles. The molecule has 158 valence electrons. The SMILES string of the molecule is CC(C)c1ccc(S(=O)(=O)N2CCC(c3nc(-c4ccccc4Cl)no3)CC2)cc1. The van der Waals surface area contributed by atoms with Gasteiger partial charge in [0.25, 0.3) is 0 Å². The van der Waals surface area contributed by atoms with Crippen LogP contribution in [0.4, 0.5) is 0 Å². The average molecular weight is 446 g/mol. The zero-order chi connectivity index (χ0) is 21.3. The number of piperidine rings is 1. The van der Waals surface area contributed by atoms with Crippen LogP contribution in [0.3, 0.4) is 0 Å². The molecule has 0 amide bonds. The van der Waals surface area contributed by atoms with Crippen molar-refractivity contribution in [3.8, 4) is 11.4 Å². The molecular weight excluding hydrogens is 422 g/mol. The molecule has 0 atom stereocenters. The van der Waals surface area contributed by atoms with Crippen LogP contribution in [0.25, 0.3) is 11.4 Å². The number of hydrogen-bond donors (Lipinski definition) is 0. The van der Waals surface area contributed by atoms with Crippen LogP contribution in [0.15, 0.2) is 57.9 Å². The normalized spacial score (nSPS) is 16.3. The minimum absolute atomic E-state index is 0.0310. The number of nitrogens with zero attached hydrogens (tertiary/aromatic N) is 3. The van der Waals surface area contributed by atoms with E-state index >= 15 is 0 Å². The molecular formula is C22H24ClN3O3S. The Morgan fingerprint density at radius 1 is 1.07 bits per heavy atom. The van der Waals surface area contributed by atoms with Crippen LogP contribution in [0.5, 0.6) is 0 Å². The summed E-state index contributed by atoms with van der Waals surface area (Å²) < 4.78 is 33.0. The molecule has 3 aromatic rings. The Kier molecular flexibility index (Phi) is 5.95. The van der Waals surface area contributed by atoms with Gasteiger partial charge in [0.1, 0.15) is 0 Å². The van der Waals surface area contributed by atoms with Gasteiger partial charge in [0.2, 0.25) is 21.7 Å². The maximum Gasteiger partial charge on any atom is 0.243 e. The van der Waals surface area contributed by atoms with Crippen LogP contribution in [-0.2, 0) is 10.0 Å². The minimum atomic E-state index is -3.50. The Bertz CT molecular complexity index is 1120. The summed E-state index contributed by atoms with van der Waals surface area (Å²) in [5.74, 6) is 1.38. The van der Waals surface area contributed by atoms with Crippen molar-refractivity contribution < 1.29 is 12.9 Å². The molecule has 2 aromatic carbocycles. The lowest BCUT2D eigenvalue weighted by molar-refractivity contribution is 0.271. The monoisotopic (exact) mass is 445 g/mol. The molecule has 0 unspecified atom stereocenters. The van der Waals surface area contributed by atoms with E-state index < -0.39 is 10.0 Å². The van der Waals surface area contributed by atoms with Gasteiger partial charge in [-0.2, -0.15) is 9.29 Å². The Morgan fingerprint density at radius 3 is 2.37 bits per heavy atom. The number of aromatic nitrogens is 2. The first-order valence-electron chi connectivity index (χ1n) is 10.0. The third-order valence-corrected chi connectivity index (χ3v) is 7.79. The number of benzene rings is 2. The summed E-state index contributed by atoms with van der Waals surface area (Å²) in [6.07, 6.45) is 1.26. The van der Waals surface area contributed by atoms with Crippen LogP contribution < -0.4 is 0 Å². The fourth-order valence-corrected chi connectivity index (χ4v) is 5.36. The molecule has 0 bridgehead atoms. The molecule has 6 nitrogen and oxygen atoms in total. The van der Waals surface area contributed by atoms with Crippen LogP contribution in [0.2, 0.25) is 5.02 Å². The lowest BCUT2D eigenvalue weighted by atomic mass is 9.98. The van der Waals surface area contributed by atoms with Crippen LogP contribution in [0.1, 0.15) is 50.0 Å². The highest BCUT2D eigenvalue weighted by atomic mass is 35.5. The van der Waals surface area contributed by atoms with E-state index in [1.165, 1.54) is 0 Å². The molecule has 1 fully saturated rings. The summed E-state index contributed by atoms with van der Waals surface area (Å²) in [7, 11) is -3.50. The summed E-state index contributed by atoms with van der Waals surface area (Å²) in [6.45, 7) is 5.01. The van der Waals surface area contributed by atoms with Crippen molar-refractivity contribution in [1.82, 2.24) is 14.4 Å². The lowest BCUT2D eigenvalue weighted by Crippen LogP contribution is -2.37. The van der Waals surface area contributed by atoms with Crippen molar-refractivity contribution in [1.29, 1.82) is 0 Å². The van der Waals surface area contributed by atoms with Crippen LogP contribution in [0, 0.1) is 0 Å². The van der Waals surface area contributed by atoms with Gasteiger partial charge in [-0.15, -0.1) is 0 Å². The number of hydrogen-bond acceptors (Lipinski definition) is 5. The van der Waals surface area contributed by atoms with E-state index in [1.54, 1.807) is 22.5 Å². The quantitative estimate of drug-likeness (QED) is 0.547. The second-order valence-electron chi connectivity index (χ2n) is 7.84. The maximum absolute atomic E-state index is 13.0. The van der Waals surface area contributed by atoms with Gasteiger partial charge in [0.05, 0.1) is 9.92 Å². The summed E-state index contributed by atoms with van der Waals surface area (Å²) in [4.78, 5) is 4.84. The van der Waals surface area contributed by atoms with Crippen molar-refractivity contribution in [3.63, 3.8) is 0 Å². The van der Waals surface area contributed by atoms with Crippen LogP contribution in [-0.4, -0.2) is 36.0 Å². The van der Waals surface area contributed by atoms with E-state index in [1.807, 2.05) is 30.3 Å². The standard InChI is InChI=1S/C22H24ClN3O3S/c1-15(2)16-7-9-18(10-8-16)30(27,28)26-13-11-17(12-14-26)22-24-21(25-29-22)19-5-3-4-6-20(19)23/h3-10,15,17H,11-14H2,1-2H3. The van der Waals surface area contributed by atoms with E-state index in [9.17, 15) is 8.42 Å². The Balaban J connectivity index is 1.44. The van der Waals surface area contributed by atoms with Crippen LogP contribution >= 0.6 is 11.6 Å². The summed E-state index contributed by atoms with van der Waals surface area (Å²) in [6, 6.07) is 14.5. The molecule has 1 aliphatic heterocycles. The van der Waals surface area contributed by atoms with Gasteiger partial charge < -0.3 is 4.52 Å². The van der Waals surface area contributed by atoms with E-state index in [0.29, 0.717) is 53.5 Å². The first-order chi connectivity index (χ1) is 14.4. The second-order valence-corrected chi connectivity index (χ2v) is 10.2. The van der Waals surface area contributed by atoms with Crippen molar-refractivity contribution in [2.24, 2.45) is 0 Å². The van der Waals surface area contributed by atoms with E-state index in [0.717, 1.165) is 11.1 Å². The Morgan fingerprint density at radius 2 is 1.73 bits per heavy atom. The fourth-order valence-electron chi connectivity index (χ4n) is 3.67. The smallest absolute Gasteiger partial charge is 0.243 e. The molecule has 0 aliphatic carbocycles. The summed E-state index contributed by atoms with van der Waals surface area (Å²) in [5.41, 5.74) is 1.84. The highest BCUT2D eigenvalue weighted by molar-refractivity contribution is 7.89. The van der Waals surface area contributed by atoms with Gasteiger partial charge >= 0.3 is 0 Å². The van der Waals surface area contributed by atoms with Crippen molar-refractivity contribution in [2.75, 3.05) is 13.1 Å². The number of sulfonamides is 1. The lowest BCUT2D eigenvalue weighted by Gasteiger charge is -2.29. The molecule has 0 spiro atoms. The van der Waals surface area contributed by atoms with E-state index in [2.05, 4.69) is 24.0 Å².